The summed E-state index contributed by atoms with van der Waals surface area (Å²) in [7, 11) is 0. The van der Waals surface area contributed by atoms with Gasteiger partial charge in [-0.15, -0.1) is 0 Å². The Morgan fingerprint density at radius 3 is 2.62 bits per heavy atom. The molecule has 94 valence electrons. The van der Waals surface area contributed by atoms with Gasteiger partial charge in [0.25, 0.3) is 0 Å². The molecule has 0 aromatic heterocycles. The molecule has 1 aliphatic rings. The minimum Gasteiger partial charge on any atom is -0.393 e. The zero-order valence-electron chi connectivity index (χ0n) is 10.4. The number of hydrogen-bond acceptors (Lipinski definition) is 3. The standard InChI is InChI=1S/C12H24N2O2/c1-10(15)4-3-7-13-12-5-8-14(9-6-12)11(2)16/h10,12-13,15H,3-9H2,1-2H3. The first kappa shape index (κ1) is 13.5. The van der Waals surface area contributed by atoms with Crippen molar-refractivity contribution in [2.75, 3.05) is 19.6 Å². The average Bonchev–Trinajstić information content (AvgIpc) is 2.25. The summed E-state index contributed by atoms with van der Waals surface area (Å²) in [6, 6.07) is 0.546. The van der Waals surface area contributed by atoms with Crippen molar-refractivity contribution in [2.24, 2.45) is 0 Å². The topological polar surface area (TPSA) is 52.6 Å². The number of aliphatic hydroxyl groups excluding tert-OH is 1. The molecule has 0 saturated carbocycles. The lowest BCUT2D eigenvalue weighted by Crippen LogP contribution is -2.44. The number of rotatable bonds is 5. The lowest BCUT2D eigenvalue weighted by molar-refractivity contribution is -0.129. The lowest BCUT2D eigenvalue weighted by Gasteiger charge is -2.31. The van der Waals surface area contributed by atoms with Crippen LogP contribution in [0.4, 0.5) is 0 Å². The summed E-state index contributed by atoms with van der Waals surface area (Å²) in [5.41, 5.74) is 0. The normalized spacial score (nSPS) is 19.8. The smallest absolute Gasteiger partial charge is 0.219 e. The summed E-state index contributed by atoms with van der Waals surface area (Å²) < 4.78 is 0. The van der Waals surface area contributed by atoms with Gasteiger partial charge in [-0.2, -0.15) is 0 Å². The third-order valence-electron chi connectivity index (χ3n) is 3.17. The lowest BCUT2D eigenvalue weighted by atomic mass is 10.0. The molecule has 1 amide bonds. The van der Waals surface area contributed by atoms with Crippen LogP contribution in [0.1, 0.15) is 39.5 Å². The molecule has 1 unspecified atom stereocenters. The fourth-order valence-electron chi connectivity index (χ4n) is 2.10. The minimum absolute atomic E-state index is 0.188. The van der Waals surface area contributed by atoms with Gasteiger partial charge in [0.1, 0.15) is 0 Å². The largest absolute Gasteiger partial charge is 0.393 e. The zero-order valence-corrected chi connectivity index (χ0v) is 10.4. The Morgan fingerprint density at radius 1 is 1.50 bits per heavy atom. The summed E-state index contributed by atoms with van der Waals surface area (Å²) in [5, 5.41) is 12.6. The van der Waals surface area contributed by atoms with Crippen LogP contribution >= 0.6 is 0 Å². The number of carbonyl (C=O) groups excluding carboxylic acids is 1. The summed E-state index contributed by atoms with van der Waals surface area (Å²) in [5.74, 6) is 0.188. The molecule has 1 saturated heterocycles. The first-order valence-electron chi connectivity index (χ1n) is 6.26. The Hall–Kier alpha value is -0.610. The van der Waals surface area contributed by atoms with Gasteiger partial charge in [-0.05, 0) is 39.2 Å². The van der Waals surface area contributed by atoms with Crippen LogP contribution in [0.3, 0.4) is 0 Å². The monoisotopic (exact) mass is 228 g/mol. The highest BCUT2D eigenvalue weighted by atomic mass is 16.3. The maximum Gasteiger partial charge on any atom is 0.219 e. The highest BCUT2D eigenvalue weighted by Gasteiger charge is 2.19. The van der Waals surface area contributed by atoms with Gasteiger partial charge in [0, 0.05) is 26.1 Å². The van der Waals surface area contributed by atoms with Gasteiger partial charge < -0.3 is 15.3 Å². The van der Waals surface area contributed by atoms with E-state index < -0.39 is 0 Å². The molecule has 16 heavy (non-hydrogen) atoms. The first-order valence-corrected chi connectivity index (χ1v) is 6.26. The summed E-state index contributed by atoms with van der Waals surface area (Å²) in [6.45, 7) is 6.18. The predicted octanol–water partition coefficient (Wildman–Crippen LogP) is 0.748. The molecule has 0 aromatic carbocycles. The van der Waals surface area contributed by atoms with Crippen molar-refractivity contribution in [3.8, 4) is 0 Å². The van der Waals surface area contributed by atoms with E-state index in [1.54, 1.807) is 6.92 Å². The van der Waals surface area contributed by atoms with Gasteiger partial charge >= 0.3 is 0 Å². The first-order chi connectivity index (χ1) is 7.59. The molecule has 1 atom stereocenters. The number of aliphatic hydroxyl groups is 1. The van der Waals surface area contributed by atoms with Crippen molar-refractivity contribution < 1.29 is 9.90 Å². The molecule has 1 heterocycles. The van der Waals surface area contributed by atoms with E-state index in [9.17, 15) is 4.79 Å². The number of carbonyl (C=O) groups is 1. The van der Waals surface area contributed by atoms with Gasteiger partial charge in [-0.3, -0.25) is 4.79 Å². The Morgan fingerprint density at radius 2 is 2.12 bits per heavy atom. The van der Waals surface area contributed by atoms with Crippen LogP contribution < -0.4 is 5.32 Å². The Bertz CT molecular complexity index is 211. The summed E-state index contributed by atoms with van der Waals surface area (Å²) >= 11 is 0. The second-order valence-electron chi connectivity index (χ2n) is 4.73. The maximum absolute atomic E-state index is 11.1. The number of piperidine rings is 1. The van der Waals surface area contributed by atoms with Crippen molar-refractivity contribution in [1.29, 1.82) is 0 Å². The number of amides is 1. The molecule has 1 aliphatic heterocycles. The summed E-state index contributed by atoms with van der Waals surface area (Å²) in [4.78, 5) is 13.0. The van der Waals surface area contributed by atoms with Crippen molar-refractivity contribution in [3.05, 3.63) is 0 Å². The number of likely N-dealkylation sites (tertiary alicyclic amines) is 1. The van der Waals surface area contributed by atoms with E-state index in [2.05, 4.69) is 5.32 Å². The van der Waals surface area contributed by atoms with Crippen molar-refractivity contribution >= 4 is 5.91 Å². The van der Waals surface area contributed by atoms with Gasteiger partial charge in [-0.25, -0.2) is 0 Å². The Labute approximate surface area is 98.0 Å². The fourth-order valence-corrected chi connectivity index (χ4v) is 2.10. The van der Waals surface area contributed by atoms with E-state index >= 15 is 0 Å². The molecule has 0 aromatic rings. The predicted molar refractivity (Wildman–Crippen MR) is 64.2 cm³/mol. The van der Waals surface area contributed by atoms with Gasteiger partial charge in [0.05, 0.1) is 6.10 Å². The van der Waals surface area contributed by atoms with Gasteiger partial charge in [0.2, 0.25) is 5.91 Å². The minimum atomic E-state index is -0.193. The number of nitrogens with zero attached hydrogens (tertiary/aromatic N) is 1. The van der Waals surface area contributed by atoms with Crippen molar-refractivity contribution in [3.63, 3.8) is 0 Å². The maximum atomic E-state index is 11.1. The van der Waals surface area contributed by atoms with E-state index in [1.165, 1.54) is 0 Å². The van der Waals surface area contributed by atoms with Crippen LogP contribution in [0.5, 0.6) is 0 Å². The molecule has 0 radical (unpaired) electrons. The Kier molecular flexibility index (Phi) is 5.77. The van der Waals surface area contributed by atoms with Crippen LogP contribution in [-0.4, -0.2) is 47.7 Å². The third-order valence-corrected chi connectivity index (χ3v) is 3.17. The van der Waals surface area contributed by atoms with Gasteiger partial charge in [-0.1, -0.05) is 0 Å². The van der Waals surface area contributed by atoms with Crippen molar-refractivity contribution in [1.82, 2.24) is 10.2 Å². The van der Waals surface area contributed by atoms with Crippen LogP contribution in [0.2, 0.25) is 0 Å². The molecule has 4 nitrogen and oxygen atoms in total. The third kappa shape index (κ3) is 4.94. The van der Waals surface area contributed by atoms with E-state index in [4.69, 9.17) is 5.11 Å². The quantitative estimate of drug-likeness (QED) is 0.683. The van der Waals surface area contributed by atoms with E-state index in [0.29, 0.717) is 6.04 Å². The molecule has 2 N–H and O–H groups in total. The van der Waals surface area contributed by atoms with Crippen LogP contribution in [0.25, 0.3) is 0 Å². The van der Waals surface area contributed by atoms with E-state index in [0.717, 1.165) is 45.3 Å². The zero-order chi connectivity index (χ0) is 12.0. The molecular formula is C12H24N2O2. The van der Waals surface area contributed by atoms with Crippen molar-refractivity contribution in [2.45, 2.75) is 51.7 Å². The van der Waals surface area contributed by atoms with Crippen LogP contribution in [-0.2, 0) is 4.79 Å². The number of hydrogen-bond donors (Lipinski definition) is 2. The second-order valence-corrected chi connectivity index (χ2v) is 4.73. The second kappa shape index (κ2) is 6.86. The SMILES string of the molecule is CC(=O)N1CCC(NCCCC(C)O)CC1. The van der Waals surface area contributed by atoms with Gasteiger partial charge in [0.15, 0.2) is 0 Å². The average molecular weight is 228 g/mol. The van der Waals surface area contributed by atoms with Crippen LogP contribution in [0.15, 0.2) is 0 Å². The fraction of sp³-hybridized carbons (Fsp3) is 0.917. The number of nitrogens with one attached hydrogen (secondary N) is 1. The molecule has 0 bridgehead atoms. The summed E-state index contributed by atoms with van der Waals surface area (Å²) in [6.07, 6.45) is 3.79. The van der Waals surface area contributed by atoms with E-state index in [1.807, 2.05) is 11.8 Å². The highest BCUT2D eigenvalue weighted by molar-refractivity contribution is 5.73. The molecule has 0 aliphatic carbocycles. The van der Waals surface area contributed by atoms with Crippen LogP contribution in [0, 0.1) is 0 Å². The molecular weight excluding hydrogens is 204 g/mol. The van der Waals surface area contributed by atoms with E-state index in [-0.39, 0.29) is 12.0 Å². The highest BCUT2D eigenvalue weighted by Crippen LogP contribution is 2.10. The molecule has 1 fully saturated rings. The molecule has 0 spiro atoms. The Balaban J connectivity index is 2.06. The molecule has 4 heteroatoms. The molecule has 1 rings (SSSR count).